The molecule has 2 atom stereocenters. The van der Waals surface area contributed by atoms with Gasteiger partial charge in [-0.15, -0.1) is 0 Å². The van der Waals surface area contributed by atoms with E-state index < -0.39 is 36.5 Å². The summed E-state index contributed by atoms with van der Waals surface area (Å²) in [5.74, 6) is -4.86. The van der Waals surface area contributed by atoms with Crippen LogP contribution in [0.4, 0.5) is 0 Å². The van der Waals surface area contributed by atoms with Crippen LogP contribution >= 0.6 is 0 Å². The standard InChI is InChI=1S/C4H6O5.C3H6O3.K.2Na/c5-2(4(8)9)1-3(6)7;1-2(4)3(5)6;;;/h2,5H,1H2,(H,6,7)(H,8,9);2,4H,1H3,(H,5,6);;;/q;;3*+1/p-3. The molecule has 0 aliphatic heterocycles. The second-order valence-corrected chi connectivity index (χ2v) is 2.41. The van der Waals surface area contributed by atoms with E-state index in [0.29, 0.717) is 0 Å². The number of hydrogen-bond donors (Lipinski definition) is 2. The predicted molar refractivity (Wildman–Crippen MR) is 37.3 cm³/mol. The van der Waals surface area contributed by atoms with Gasteiger partial charge in [-0.1, -0.05) is 0 Å². The summed E-state index contributed by atoms with van der Waals surface area (Å²) in [6.07, 6.45) is -4.23. The first-order valence-corrected chi connectivity index (χ1v) is 3.66. The van der Waals surface area contributed by atoms with Crippen LogP contribution in [-0.4, -0.2) is 40.3 Å². The molecule has 0 heterocycles. The molecule has 0 saturated carbocycles. The van der Waals surface area contributed by atoms with E-state index in [1.54, 1.807) is 0 Å². The third kappa shape index (κ3) is 26.5. The molecule has 88 valence electrons. The van der Waals surface area contributed by atoms with Crippen molar-refractivity contribution in [2.24, 2.45) is 0 Å². The van der Waals surface area contributed by atoms with Crippen LogP contribution < -0.4 is 126 Å². The maximum Gasteiger partial charge on any atom is 1.00 e. The van der Waals surface area contributed by atoms with Gasteiger partial charge in [-0.25, -0.2) is 0 Å². The van der Waals surface area contributed by atoms with Crippen molar-refractivity contribution in [2.45, 2.75) is 25.6 Å². The summed E-state index contributed by atoms with van der Waals surface area (Å²) in [7, 11) is 0. The summed E-state index contributed by atoms with van der Waals surface area (Å²) in [5.41, 5.74) is 0. The quantitative estimate of drug-likeness (QED) is 0.484. The minimum atomic E-state index is -1.96. The van der Waals surface area contributed by atoms with Crippen LogP contribution in [0.1, 0.15) is 13.3 Å². The molecule has 0 bridgehead atoms. The van der Waals surface area contributed by atoms with Gasteiger partial charge in [-0.2, -0.15) is 0 Å². The molecule has 0 aliphatic carbocycles. The van der Waals surface area contributed by atoms with Crippen LogP contribution in [0.25, 0.3) is 0 Å². The number of carboxylic acids is 3. The van der Waals surface area contributed by atoms with Crippen molar-refractivity contribution in [2.75, 3.05) is 0 Å². The maximum absolute atomic E-state index is 9.58. The summed E-state index contributed by atoms with van der Waals surface area (Å²) in [6, 6.07) is 0. The molecule has 0 aliphatic rings. The molecule has 2 N–H and O–H groups in total. The van der Waals surface area contributed by atoms with Crippen molar-refractivity contribution in [1.29, 1.82) is 0 Å². The first-order chi connectivity index (χ1) is 6.68. The Hall–Kier alpha value is 1.97. The average Bonchev–Trinajstić information content (AvgIpc) is 2.03. The zero-order valence-corrected chi connectivity index (χ0v) is 17.8. The molecule has 2 unspecified atom stereocenters. The van der Waals surface area contributed by atoms with E-state index in [1.165, 1.54) is 0 Å². The van der Waals surface area contributed by atoms with Gasteiger partial charge in [0, 0.05) is 12.4 Å². The fraction of sp³-hybridized carbons (Fsp3) is 0.571. The fourth-order valence-electron chi connectivity index (χ4n) is 0.241. The zero-order valence-electron chi connectivity index (χ0n) is 10.7. The van der Waals surface area contributed by atoms with Gasteiger partial charge in [0.05, 0.1) is 24.1 Å². The molecule has 11 heteroatoms. The second-order valence-electron chi connectivity index (χ2n) is 2.41. The first-order valence-electron chi connectivity index (χ1n) is 3.66. The molecular weight excluding hydrogens is 297 g/mol. The second kappa shape index (κ2) is 19.0. The number of carboxylic acid groups (broad SMARTS) is 3. The Morgan fingerprint density at radius 1 is 1.00 bits per heavy atom. The Bertz CT molecular complexity index is 248. The number of carbonyl (C=O) groups excluding carboxylic acids is 3. The molecule has 8 nitrogen and oxygen atoms in total. The molecule has 18 heavy (non-hydrogen) atoms. The number of carbonyl (C=O) groups is 3. The molecule has 0 saturated heterocycles. The average molecular weight is 306 g/mol. The van der Waals surface area contributed by atoms with Crippen molar-refractivity contribution < 1.29 is 150 Å². The number of rotatable bonds is 4. The normalized spacial score (nSPS) is 10.8. The van der Waals surface area contributed by atoms with E-state index in [4.69, 9.17) is 10.2 Å². The van der Waals surface area contributed by atoms with Crippen LogP contribution in [0.3, 0.4) is 0 Å². The monoisotopic (exact) mass is 306 g/mol. The smallest absolute Gasteiger partial charge is 0.550 e. The Balaban J connectivity index is -0.0000000566. The Morgan fingerprint density at radius 3 is 1.33 bits per heavy atom. The Kier molecular flexibility index (Phi) is 33.8. The van der Waals surface area contributed by atoms with Gasteiger partial charge in [0.1, 0.15) is 0 Å². The number of aliphatic hydroxyl groups excluding tert-OH is 2. The van der Waals surface area contributed by atoms with Crippen LogP contribution in [0, 0.1) is 0 Å². The van der Waals surface area contributed by atoms with Crippen molar-refractivity contribution in [3.63, 3.8) is 0 Å². The van der Waals surface area contributed by atoms with Crippen LogP contribution in [-0.2, 0) is 14.4 Å². The summed E-state index contributed by atoms with van der Waals surface area (Å²) < 4.78 is 0. The van der Waals surface area contributed by atoms with Gasteiger partial charge >= 0.3 is 110 Å². The molecule has 0 fully saturated rings. The molecule has 0 aromatic carbocycles. The Labute approximate surface area is 190 Å². The summed E-state index contributed by atoms with van der Waals surface area (Å²) >= 11 is 0. The van der Waals surface area contributed by atoms with E-state index in [-0.39, 0.29) is 110 Å². The number of hydrogen-bond acceptors (Lipinski definition) is 8. The van der Waals surface area contributed by atoms with Crippen molar-refractivity contribution in [3.8, 4) is 0 Å². The minimum absolute atomic E-state index is 0. The molecule has 0 aromatic heterocycles. The van der Waals surface area contributed by atoms with E-state index in [2.05, 4.69) is 0 Å². The van der Waals surface area contributed by atoms with Gasteiger partial charge < -0.3 is 39.9 Å². The first kappa shape index (κ1) is 32.1. The maximum atomic E-state index is 9.58. The zero-order chi connectivity index (χ0) is 12.6. The van der Waals surface area contributed by atoms with Gasteiger partial charge in [0.2, 0.25) is 0 Å². The van der Waals surface area contributed by atoms with Gasteiger partial charge in [0.15, 0.2) is 0 Å². The SMILES string of the molecule is CC(O)C(=O)[O-].O=C([O-])CC(O)C(=O)[O-].[K+].[Na+].[Na+]. The van der Waals surface area contributed by atoms with E-state index in [0.717, 1.165) is 6.92 Å². The molecule has 0 rings (SSSR count). The fourth-order valence-corrected chi connectivity index (χ4v) is 0.241. The molecule has 0 aromatic rings. The summed E-state index contributed by atoms with van der Waals surface area (Å²) in [5, 5.41) is 44.7. The minimum Gasteiger partial charge on any atom is -0.550 e. The number of aliphatic carboxylic acids is 3. The van der Waals surface area contributed by atoms with E-state index in [1.807, 2.05) is 0 Å². The van der Waals surface area contributed by atoms with Gasteiger partial charge in [-0.05, 0) is 6.92 Å². The van der Waals surface area contributed by atoms with Crippen molar-refractivity contribution in [1.82, 2.24) is 0 Å². The third-order valence-corrected chi connectivity index (χ3v) is 0.973. The van der Waals surface area contributed by atoms with Crippen molar-refractivity contribution in [3.05, 3.63) is 0 Å². The largest absolute Gasteiger partial charge is 1.00 e. The summed E-state index contributed by atoms with van der Waals surface area (Å²) in [6.45, 7) is 1.13. The Morgan fingerprint density at radius 2 is 1.28 bits per heavy atom. The van der Waals surface area contributed by atoms with Crippen LogP contribution in [0.15, 0.2) is 0 Å². The molecule has 0 radical (unpaired) electrons. The van der Waals surface area contributed by atoms with Crippen LogP contribution in [0.2, 0.25) is 0 Å². The molecule has 0 amide bonds. The summed E-state index contributed by atoms with van der Waals surface area (Å²) in [4.78, 5) is 28.5. The van der Waals surface area contributed by atoms with Crippen molar-refractivity contribution >= 4 is 17.9 Å². The topological polar surface area (TPSA) is 161 Å². The van der Waals surface area contributed by atoms with E-state index in [9.17, 15) is 29.7 Å². The third-order valence-electron chi connectivity index (χ3n) is 0.973. The molecule has 0 spiro atoms. The van der Waals surface area contributed by atoms with E-state index >= 15 is 0 Å². The van der Waals surface area contributed by atoms with Crippen LogP contribution in [0.5, 0.6) is 0 Å². The predicted octanol–water partition coefficient (Wildman–Crippen LogP) is -14.6. The molecular formula is C7H9KNa2O8. The number of aliphatic hydroxyl groups is 2. The van der Waals surface area contributed by atoms with Gasteiger partial charge in [-0.3, -0.25) is 0 Å². The van der Waals surface area contributed by atoms with Gasteiger partial charge in [0.25, 0.3) is 0 Å².